The summed E-state index contributed by atoms with van der Waals surface area (Å²) >= 11 is 0. The smallest absolute Gasteiger partial charge is 0.127 e. The summed E-state index contributed by atoms with van der Waals surface area (Å²) in [7, 11) is 2.04. The Morgan fingerprint density at radius 1 is 1.37 bits per heavy atom. The molecule has 2 aromatic heterocycles. The molecule has 3 rings (SSSR count). The highest BCUT2D eigenvalue weighted by molar-refractivity contribution is 5.29. The Balaban J connectivity index is 1.87. The van der Waals surface area contributed by atoms with Gasteiger partial charge in [-0.15, -0.1) is 0 Å². The van der Waals surface area contributed by atoms with E-state index in [1.165, 1.54) is 36.8 Å². The number of aromatic nitrogens is 3. The minimum absolute atomic E-state index is 0.482. The molecule has 1 aliphatic carbocycles. The first kappa shape index (κ1) is 12.4. The predicted molar refractivity (Wildman–Crippen MR) is 71.9 cm³/mol. The van der Waals surface area contributed by atoms with Crippen molar-refractivity contribution < 1.29 is 4.63 Å². The van der Waals surface area contributed by atoms with Crippen molar-refractivity contribution in [1.82, 2.24) is 20.2 Å². The van der Waals surface area contributed by atoms with Gasteiger partial charge in [-0.2, -0.15) is 0 Å². The van der Waals surface area contributed by atoms with E-state index >= 15 is 0 Å². The van der Waals surface area contributed by atoms with Gasteiger partial charge in [0.2, 0.25) is 0 Å². The van der Waals surface area contributed by atoms with Crippen molar-refractivity contribution in [2.75, 3.05) is 7.05 Å². The first-order chi connectivity index (χ1) is 9.28. The summed E-state index contributed by atoms with van der Waals surface area (Å²) in [6.45, 7) is 2.66. The molecule has 0 aromatic carbocycles. The molecular weight excluding hydrogens is 240 g/mol. The maximum Gasteiger partial charge on any atom is 0.127 e. The molecule has 5 heteroatoms. The highest BCUT2D eigenvalue weighted by Gasteiger charge is 2.19. The van der Waals surface area contributed by atoms with E-state index < -0.39 is 0 Å². The van der Waals surface area contributed by atoms with Crippen molar-refractivity contribution in [1.29, 1.82) is 0 Å². The van der Waals surface area contributed by atoms with Gasteiger partial charge in [-0.05, 0) is 44.4 Å². The number of rotatable bonds is 3. The van der Waals surface area contributed by atoms with Crippen molar-refractivity contribution in [2.45, 2.75) is 45.2 Å². The third-order valence-corrected chi connectivity index (χ3v) is 3.99. The van der Waals surface area contributed by atoms with Crippen LogP contribution in [0.5, 0.6) is 0 Å². The van der Waals surface area contributed by atoms with Crippen LogP contribution in [0.15, 0.2) is 17.0 Å². The summed E-state index contributed by atoms with van der Waals surface area (Å²) < 4.78 is 6.96. The van der Waals surface area contributed by atoms with Crippen LogP contribution in [0, 0.1) is 6.92 Å². The van der Waals surface area contributed by atoms with Crippen LogP contribution in [-0.4, -0.2) is 21.9 Å². The number of fused-ring (bicyclic) bond motifs is 1. The third kappa shape index (κ3) is 2.42. The molecule has 0 radical (unpaired) electrons. The summed E-state index contributed by atoms with van der Waals surface area (Å²) in [5, 5.41) is 11.2. The highest BCUT2D eigenvalue weighted by atomic mass is 16.6. The van der Waals surface area contributed by atoms with E-state index in [4.69, 9.17) is 4.63 Å². The van der Waals surface area contributed by atoms with Crippen LogP contribution < -0.4 is 5.32 Å². The van der Waals surface area contributed by atoms with Crippen molar-refractivity contribution in [3.05, 3.63) is 34.9 Å². The molecule has 102 valence electrons. The fraction of sp³-hybridized carbons (Fsp3) is 0.571. The van der Waals surface area contributed by atoms with Crippen molar-refractivity contribution in [2.24, 2.45) is 0 Å². The van der Waals surface area contributed by atoms with E-state index in [-0.39, 0.29) is 0 Å². The Morgan fingerprint density at radius 2 is 2.26 bits per heavy atom. The fourth-order valence-corrected chi connectivity index (χ4v) is 2.87. The Bertz CT molecular complexity index is 558. The maximum atomic E-state index is 4.76. The Hall–Kier alpha value is -1.62. The first-order valence-electron chi connectivity index (χ1n) is 6.92. The Morgan fingerprint density at radius 3 is 3.00 bits per heavy atom. The number of hydrogen-bond acceptors (Lipinski definition) is 4. The zero-order chi connectivity index (χ0) is 13.2. The molecule has 0 bridgehead atoms. The second-order valence-electron chi connectivity index (χ2n) is 5.29. The maximum absolute atomic E-state index is 4.76. The van der Waals surface area contributed by atoms with Gasteiger partial charge in [0, 0.05) is 18.4 Å². The van der Waals surface area contributed by atoms with E-state index in [0.717, 1.165) is 17.9 Å². The lowest BCUT2D eigenvalue weighted by Gasteiger charge is -2.13. The minimum atomic E-state index is 0.482. The third-order valence-electron chi connectivity index (χ3n) is 3.99. The quantitative estimate of drug-likeness (QED) is 0.860. The van der Waals surface area contributed by atoms with Gasteiger partial charge in [0.25, 0.3) is 0 Å². The van der Waals surface area contributed by atoms with Crippen LogP contribution in [-0.2, 0) is 13.0 Å². The zero-order valence-electron chi connectivity index (χ0n) is 11.5. The topological polar surface area (TPSA) is 55.9 Å². The van der Waals surface area contributed by atoms with Crippen LogP contribution in [0.25, 0.3) is 0 Å². The average molecular weight is 260 g/mol. The van der Waals surface area contributed by atoms with Gasteiger partial charge in [-0.3, -0.25) is 0 Å². The first-order valence-corrected chi connectivity index (χ1v) is 6.92. The van der Waals surface area contributed by atoms with E-state index in [1.54, 1.807) is 0 Å². The van der Waals surface area contributed by atoms with Gasteiger partial charge >= 0.3 is 0 Å². The Labute approximate surface area is 113 Å². The highest BCUT2D eigenvalue weighted by Crippen LogP contribution is 2.29. The average Bonchev–Trinajstić information content (AvgIpc) is 2.93. The van der Waals surface area contributed by atoms with Gasteiger partial charge in [-0.25, -0.2) is 4.63 Å². The molecule has 0 saturated heterocycles. The molecule has 0 saturated carbocycles. The SMILES string of the molecule is CNC1CCCCc2cn(Cc3nonc3C)cc21. The second kappa shape index (κ2) is 5.17. The molecular formula is C14H20N4O. The van der Waals surface area contributed by atoms with Crippen LogP contribution in [0.2, 0.25) is 0 Å². The van der Waals surface area contributed by atoms with E-state index in [2.05, 4.69) is 32.6 Å². The molecule has 1 N–H and O–H groups in total. The zero-order valence-corrected chi connectivity index (χ0v) is 11.5. The lowest BCUT2D eigenvalue weighted by molar-refractivity contribution is 0.300. The predicted octanol–water partition coefficient (Wildman–Crippen LogP) is 2.21. The van der Waals surface area contributed by atoms with Gasteiger partial charge < -0.3 is 9.88 Å². The monoisotopic (exact) mass is 260 g/mol. The molecule has 0 aliphatic heterocycles. The molecule has 19 heavy (non-hydrogen) atoms. The lowest BCUT2D eigenvalue weighted by Crippen LogP contribution is -2.15. The molecule has 0 amide bonds. The van der Waals surface area contributed by atoms with Crippen LogP contribution in [0.3, 0.4) is 0 Å². The molecule has 1 aliphatic rings. The lowest BCUT2D eigenvalue weighted by atomic mass is 10.1. The van der Waals surface area contributed by atoms with Crippen LogP contribution in [0.4, 0.5) is 0 Å². The van der Waals surface area contributed by atoms with Crippen LogP contribution >= 0.6 is 0 Å². The van der Waals surface area contributed by atoms with Gasteiger partial charge in [0.1, 0.15) is 11.4 Å². The standard InChI is InChI=1S/C14H20N4O/c1-10-14(17-19-16-10)9-18-7-11-5-3-4-6-13(15-2)12(11)8-18/h7-8,13,15H,3-6,9H2,1-2H3. The molecule has 0 fully saturated rings. The van der Waals surface area contributed by atoms with Gasteiger partial charge in [0.05, 0.1) is 6.54 Å². The largest absolute Gasteiger partial charge is 0.348 e. The number of hydrogen-bond donors (Lipinski definition) is 1. The molecule has 5 nitrogen and oxygen atoms in total. The summed E-state index contributed by atoms with van der Waals surface area (Å²) in [5.74, 6) is 0. The number of nitrogens with one attached hydrogen (secondary N) is 1. The van der Waals surface area contributed by atoms with E-state index in [9.17, 15) is 0 Å². The second-order valence-corrected chi connectivity index (χ2v) is 5.29. The summed E-state index contributed by atoms with van der Waals surface area (Å²) in [6, 6.07) is 0.482. The van der Waals surface area contributed by atoms with Crippen molar-refractivity contribution in [3.63, 3.8) is 0 Å². The van der Waals surface area contributed by atoms with E-state index in [1.807, 2.05) is 14.0 Å². The fourth-order valence-electron chi connectivity index (χ4n) is 2.87. The van der Waals surface area contributed by atoms with Crippen LogP contribution in [0.1, 0.15) is 47.8 Å². The molecule has 0 spiro atoms. The number of aryl methyl sites for hydroxylation is 2. The minimum Gasteiger partial charge on any atom is -0.348 e. The van der Waals surface area contributed by atoms with Crippen molar-refractivity contribution >= 4 is 0 Å². The molecule has 2 aromatic rings. The van der Waals surface area contributed by atoms with Gasteiger partial charge in [-0.1, -0.05) is 16.7 Å². The summed E-state index contributed by atoms with van der Waals surface area (Å²) in [4.78, 5) is 0. The molecule has 2 heterocycles. The normalized spacial score (nSPS) is 19.2. The molecule has 1 atom stereocenters. The molecule has 1 unspecified atom stereocenters. The van der Waals surface area contributed by atoms with Crippen molar-refractivity contribution in [3.8, 4) is 0 Å². The van der Waals surface area contributed by atoms with E-state index in [0.29, 0.717) is 6.04 Å². The Kier molecular flexibility index (Phi) is 3.38. The van der Waals surface area contributed by atoms with Gasteiger partial charge in [0.15, 0.2) is 0 Å². The summed E-state index contributed by atoms with van der Waals surface area (Å²) in [6.07, 6.45) is 9.47. The summed E-state index contributed by atoms with van der Waals surface area (Å²) in [5.41, 5.74) is 4.68. The number of nitrogens with zero attached hydrogens (tertiary/aromatic N) is 3.